The molecular formula is C27H38N6O6. The van der Waals surface area contributed by atoms with Crippen LogP contribution in [0.2, 0.25) is 0 Å². The normalized spacial score (nSPS) is 17.4. The quantitative estimate of drug-likeness (QED) is 0.178. The Bertz CT molecular complexity index is 1190. The van der Waals surface area contributed by atoms with Crippen molar-refractivity contribution in [2.75, 3.05) is 6.54 Å². The van der Waals surface area contributed by atoms with Crippen molar-refractivity contribution in [2.24, 2.45) is 11.7 Å². The van der Waals surface area contributed by atoms with Gasteiger partial charge in [0.25, 0.3) is 0 Å². The molecule has 1 aliphatic heterocycles. The minimum absolute atomic E-state index is 0.0657. The average molecular weight is 543 g/mol. The molecule has 0 aliphatic carbocycles. The number of carboxylic acids is 1. The molecule has 2 heterocycles. The van der Waals surface area contributed by atoms with Crippen molar-refractivity contribution in [3.05, 3.63) is 36.0 Å². The number of nitrogens with two attached hydrogens (primary N) is 1. The van der Waals surface area contributed by atoms with Gasteiger partial charge in [0.2, 0.25) is 23.6 Å². The first kappa shape index (κ1) is 29.6. The summed E-state index contributed by atoms with van der Waals surface area (Å²) in [5, 5.41) is 21.5. The number of carbonyl (C=O) groups excluding carboxylic acids is 4. The Morgan fingerprint density at radius 3 is 2.36 bits per heavy atom. The van der Waals surface area contributed by atoms with E-state index in [0.717, 1.165) is 29.4 Å². The van der Waals surface area contributed by atoms with Crippen molar-refractivity contribution in [3.8, 4) is 0 Å². The lowest BCUT2D eigenvalue weighted by atomic mass is 10.00. The highest BCUT2D eigenvalue weighted by atomic mass is 16.4. The number of hydrogen-bond donors (Lipinski definition) is 7. The van der Waals surface area contributed by atoms with E-state index in [1.165, 1.54) is 0 Å². The van der Waals surface area contributed by atoms with E-state index in [1.54, 1.807) is 6.20 Å². The topological polar surface area (TPSA) is 196 Å². The van der Waals surface area contributed by atoms with Crippen molar-refractivity contribution in [1.82, 2.24) is 26.3 Å². The van der Waals surface area contributed by atoms with Crippen molar-refractivity contribution in [2.45, 2.75) is 76.5 Å². The van der Waals surface area contributed by atoms with Crippen LogP contribution in [0.4, 0.5) is 0 Å². The van der Waals surface area contributed by atoms with Gasteiger partial charge in [0.05, 0.1) is 6.04 Å². The average Bonchev–Trinajstić information content (AvgIpc) is 3.56. The van der Waals surface area contributed by atoms with Crippen LogP contribution < -0.4 is 27.0 Å². The molecule has 12 nitrogen and oxygen atoms in total. The third-order valence-electron chi connectivity index (χ3n) is 6.74. The molecule has 1 aromatic heterocycles. The zero-order valence-electron chi connectivity index (χ0n) is 22.3. The number of rotatable bonds is 14. The molecule has 0 spiro atoms. The molecule has 3 rings (SSSR count). The summed E-state index contributed by atoms with van der Waals surface area (Å²) in [4.78, 5) is 65.7. The first-order valence-electron chi connectivity index (χ1n) is 13.3. The van der Waals surface area contributed by atoms with Crippen LogP contribution in [-0.2, 0) is 30.4 Å². The number of aromatic nitrogens is 1. The monoisotopic (exact) mass is 542 g/mol. The highest BCUT2D eigenvalue weighted by Crippen LogP contribution is 2.20. The van der Waals surface area contributed by atoms with Gasteiger partial charge in [0.1, 0.15) is 18.1 Å². The van der Waals surface area contributed by atoms with Crippen molar-refractivity contribution in [1.29, 1.82) is 0 Å². The van der Waals surface area contributed by atoms with Crippen LogP contribution in [0.5, 0.6) is 0 Å². The minimum Gasteiger partial charge on any atom is -0.480 e. The van der Waals surface area contributed by atoms with E-state index in [1.807, 2.05) is 38.1 Å². The Hall–Kier alpha value is -3.93. The van der Waals surface area contributed by atoms with E-state index in [9.17, 15) is 29.1 Å². The van der Waals surface area contributed by atoms with E-state index in [-0.39, 0.29) is 37.1 Å². The summed E-state index contributed by atoms with van der Waals surface area (Å²) in [5.74, 6) is -3.48. The Morgan fingerprint density at radius 2 is 1.72 bits per heavy atom. The van der Waals surface area contributed by atoms with Crippen LogP contribution in [0.25, 0.3) is 10.9 Å². The van der Waals surface area contributed by atoms with Crippen LogP contribution in [0, 0.1) is 5.92 Å². The highest BCUT2D eigenvalue weighted by molar-refractivity contribution is 5.95. The van der Waals surface area contributed by atoms with Crippen molar-refractivity contribution < 1.29 is 29.1 Å². The lowest BCUT2D eigenvalue weighted by Gasteiger charge is -2.26. The van der Waals surface area contributed by atoms with E-state index in [0.29, 0.717) is 12.8 Å². The maximum atomic E-state index is 13.5. The molecule has 4 unspecified atom stereocenters. The van der Waals surface area contributed by atoms with Gasteiger partial charge in [-0.1, -0.05) is 32.0 Å². The zero-order chi connectivity index (χ0) is 28.5. The summed E-state index contributed by atoms with van der Waals surface area (Å²) >= 11 is 0. The molecule has 12 heteroatoms. The molecule has 0 bridgehead atoms. The first-order chi connectivity index (χ1) is 18.5. The summed E-state index contributed by atoms with van der Waals surface area (Å²) in [5.41, 5.74) is 6.74. The third-order valence-corrected chi connectivity index (χ3v) is 6.74. The van der Waals surface area contributed by atoms with Crippen LogP contribution >= 0.6 is 0 Å². The van der Waals surface area contributed by atoms with Gasteiger partial charge in [-0.05, 0) is 49.8 Å². The Balaban J connectivity index is 1.82. The predicted molar refractivity (Wildman–Crippen MR) is 144 cm³/mol. The second kappa shape index (κ2) is 13.7. The lowest BCUT2D eigenvalue weighted by Crippen LogP contribution is -2.57. The molecule has 212 valence electrons. The second-order valence-electron chi connectivity index (χ2n) is 10.4. The number of nitrogens with one attached hydrogen (secondary N) is 5. The minimum atomic E-state index is -1.37. The van der Waals surface area contributed by atoms with E-state index >= 15 is 0 Å². The summed E-state index contributed by atoms with van der Waals surface area (Å²) in [6.07, 6.45) is 3.27. The van der Waals surface area contributed by atoms with Crippen LogP contribution in [0.1, 0.15) is 51.5 Å². The molecule has 8 N–H and O–H groups in total. The van der Waals surface area contributed by atoms with Crippen LogP contribution in [0.15, 0.2) is 30.5 Å². The Labute approximate surface area is 226 Å². The predicted octanol–water partition coefficient (Wildman–Crippen LogP) is 0.313. The SMILES string of the molecule is CC(C)CC(NC(=O)C1CCCN1)C(=O)NC(Cc1c[nH]c2ccccc12)C(=O)NC(CCC(N)=O)C(=O)O. The smallest absolute Gasteiger partial charge is 0.326 e. The Morgan fingerprint density at radius 1 is 1.03 bits per heavy atom. The van der Waals surface area contributed by atoms with Crippen molar-refractivity contribution in [3.63, 3.8) is 0 Å². The van der Waals surface area contributed by atoms with Gasteiger partial charge in [-0.3, -0.25) is 19.2 Å². The van der Waals surface area contributed by atoms with Gasteiger partial charge in [-0.15, -0.1) is 0 Å². The van der Waals surface area contributed by atoms with E-state index in [2.05, 4.69) is 26.3 Å². The van der Waals surface area contributed by atoms with Crippen LogP contribution in [0.3, 0.4) is 0 Å². The maximum Gasteiger partial charge on any atom is 0.326 e. The molecule has 1 aromatic carbocycles. The van der Waals surface area contributed by atoms with Crippen molar-refractivity contribution >= 4 is 40.5 Å². The zero-order valence-corrected chi connectivity index (χ0v) is 22.3. The summed E-state index contributed by atoms with van der Waals surface area (Å²) in [7, 11) is 0. The van der Waals surface area contributed by atoms with Gasteiger partial charge in [0, 0.05) is 29.9 Å². The van der Waals surface area contributed by atoms with E-state index < -0.39 is 41.8 Å². The molecule has 4 atom stereocenters. The fraction of sp³-hybridized carbons (Fsp3) is 0.519. The molecule has 1 saturated heterocycles. The molecule has 4 amide bonds. The highest BCUT2D eigenvalue weighted by Gasteiger charge is 2.32. The number of carboxylic acid groups (broad SMARTS) is 1. The largest absolute Gasteiger partial charge is 0.480 e. The summed E-state index contributed by atoms with van der Waals surface area (Å²) in [6.45, 7) is 4.58. The number of primary amides is 1. The molecule has 0 radical (unpaired) electrons. The Kier molecular flexibility index (Phi) is 10.4. The summed E-state index contributed by atoms with van der Waals surface area (Å²) in [6, 6.07) is 3.69. The maximum absolute atomic E-state index is 13.5. The molecule has 0 saturated carbocycles. The number of benzene rings is 1. The number of aromatic amines is 1. The van der Waals surface area contributed by atoms with Crippen LogP contribution in [-0.4, -0.2) is 70.4 Å². The van der Waals surface area contributed by atoms with Gasteiger partial charge in [0.15, 0.2) is 0 Å². The molecule has 1 fully saturated rings. The van der Waals surface area contributed by atoms with E-state index in [4.69, 9.17) is 5.73 Å². The lowest BCUT2D eigenvalue weighted by molar-refractivity contribution is -0.142. The number of H-pyrrole nitrogens is 1. The molecule has 2 aromatic rings. The third kappa shape index (κ3) is 8.54. The molecular weight excluding hydrogens is 504 g/mol. The summed E-state index contributed by atoms with van der Waals surface area (Å²) < 4.78 is 0. The fourth-order valence-electron chi connectivity index (χ4n) is 4.70. The standard InChI is InChI=1S/C27H38N6O6/c1-15(2)12-21(32-24(35)19-8-5-11-29-19)25(36)33-22(13-16-14-30-18-7-4-3-6-17(16)18)26(37)31-20(27(38)39)9-10-23(28)34/h3-4,6-7,14-15,19-22,29-30H,5,8-13H2,1-2H3,(H2,28,34)(H,31,37)(H,32,35)(H,33,36)(H,38,39). The number of hydrogen-bond acceptors (Lipinski definition) is 6. The number of amides is 4. The number of carbonyl (C=O) groups is 5. The van der Waals surface area contributed by atoms with Gasteiger partial charge in [-0.25, -0.2) is 4.79 Å². The first-order valence-corrected chi connectivity index (χ1v) is 13.3. The van der Waals surface area contributed by atoms with Gasteiger partial charge >= 0.3 is 5.97 Å². The molecule has 39 heavy (non-hydrogen) atoms. The number of para-hydroxylation sites is 1. The number of fused-ring (bicyclic) bond motifs is 1. The second-order valence-corrected chi connectivity index (χ2v) is 10.4. The fourth-order valence-corrected chi connectivity index (χ4v) is 4.70. The molecule has 1 aliphatic rings. The van der Waals surface area contributed by atoms with Gasteiger partial charge < -0.3 is 37.1 Å². The van der Waals surface area contributed by atoms with Gasteiger partial charge in [-0.2, -0.15) is 0 Å². The number of aliphatic carboxylic acids is 1.